The van der Waals surface area contributed by atoms with Gasteiger partial charge in [0.1, 0.15) is 17.8 Å². The second kappa shape index (κ2) is 7.45. The van der Waals surface area contributed by atoms with Crippen molar-refractivity contribution >= 4 is 16.9 Å². The first-order valence-corrected chi connectivity index (χ1v) is 9.73. The lowest BCUT2D eigenvalue weighted by Gasteiger charge is -2.23. The molecular weight excluding hydrogens is 390 g/mol. The van der Waals surface area contributed by atoms with Gasteiger partial charge in [0.2, 0.25) is 0 Å². The summed E-state index contributed by atoms with van der Waals surface area (Å²) < 4.78 is 28.6. The molecule has 0 aromatic carbocycles. The third-order valence-electron chi connectivity index (χ3n) is 5.69. The molecule has 4 aromatic rings. The molecule has 1 fully saturated rings. The molecule has 154 valence electrons. The van der Waals surface area contributed by atoms with Crippen LogP contribution in [0.15, 0.2) is 43.1 Å². The Kier molecular flexibility index (Phi) is 4.62. The molecule has 1 aliphatic rings. The fraction of sp³-hybridized carbons (Fsp3) is 0.300. The molecule has 0 spiro atoms. The molecule has 0 amide bonds. The Balaban J connectivity index is 1.37. The van der Waals surface area contributed by atoms with Crippen LogP contribution < -0.4 is 10.6 Å². The highest BCUT2D eigenvalue weighted by Crippen LogP contribution is 2.31. The van der Waals surface area contributed by atoms with E-state index in [2.05, 4.69) is 25.0 Å². The topological polar surface area (TPSA) is 102 Å². The third-order valence-corrected chi connectivity index (χ3v) is 5.69. The Bertz CT molecular complexity index is 1190. The smallest absolute Gasteiger partial charge is 0.250 e. The van der Waals surface area contributed by atoms with Gasteiger partial charge in [0, 0.05) is 48.9 Å². The van der Waals surface area contributed by atoms with Gasteiger partial charge in [0.05, 0.1) is 17.9 Å². The van der Waals surface area contributed by atoms with Gasteiger partial charge in [0.25, 0.3) is 5.95 Å². The van der Waals surface area contributed by atoms with Gasteiger partial charge in [-0.15, -0.1) is 0 Å². The number of hydrogen-bond acceptors (Lipinski definition) is 6. The van der Waals surface area contributed by atoms with Gasteiger partial charge in [-0.05, 0) is 24.6 Å². The molecule has 5 heterocycles. The van der Waals surface area contributed by atoms with Crippen LogP contribution in [0.5, 0.6) is 0 Å². The summed E-state index contributed by atoms with van der Waals surface area (Å²) in [6.07, 6.45) is 7.93. The van der Waals surface area contributed by atoms with E-state index in [9.17, 15) is 8.78 Å². The van der Waals surface area contributed by atoms with Gasteiger partial charge in [-0.1, -0.05) is 0 Å². The SMILES string of the molecule is NC[C@@H]([C@H]1CCN(c2ccc(F)c(F)n2)C1)n1cc(-c2ncnc3[nH]ccc23)cn1. The number of fused-ring (bicyclic) bond motifs is 1. The number of nitrogens with one attached hydrogen (secondary N) is 1. The Labute approximate surface area is 170 Å². The van der Waals surface area contributed by atoms with Gasteiger partial charge < -0.3 is 15.6 Å². The summed E-state index contributed by atoms with van der Waals surface area (Å²) >= 11 is 0. The second-order valence-corrected chi connectivity index (χ2v) is 7.41. The second-order valence-electron chi connectivity index (χ2n) is 7.41. The maximum Gasteiger partial charge on any atom is 0.250 e. The van der Waals surface area contributed by atoms with E-state index in [1.165, 1.54) is 12.4 Å². The van der Waals surface area contributed by atoms with Crippen molar-refractivity contribution in [2.24, 2.45) is 11.7 Å². The number of H-pyrrole nitrogens is 1. The van der Waals surface area contributed by atoms with Crippen LogP contribution in [0.25, 0.3) is 22.3 Å². The zero-order valence-electron chi connectivity index (χ0n) is 16.0. The number of pyridine rings is 1. The van der Waals surface area contributed by atoms with E-state index in [4.69, 9.17) is 5.73 Å². The number of aromatic nitrogens is 6. The number of aromatic amines is 1. The van der Waals surface area contributed by atoms with Crippen LogP contribution >= 0.6 is 0 Å². The van der Waals surface area contributed by atoms with E-state index >= 15 is 0 Å². The van der Waals surface area contributed by atoms with Crippen LogP contribution in [0.2, 0.25) is 0 Å². The molecule has 10 heteroatoms. The lowest BCUT2D eigenvalue weighted by atomic mass is 9.99. The van der Waals surface area contributed by atoms with Crippen LogP contribution in [0.1, 0.15) is 12.5 Å². The maximum atomic E-state index is 13.5. The number of halogens is 2. The highest BCUT2D eigenvalue weighted by molar-refractivity contribution is 5.89. The largest absolute Gasteiger partial charge is 0.356 e. The van der Waals surface area contributed by atoms with Crippen molar-refractivity contribution in [3.63, 3.8) is 0 Å². The van der Waals surface area contributed by atoms with Crippen LogP contribution in [-0.4, -0.2) is 49.4 Å². The number of hydrogen-bond donors (Lipinski definition) is 2. The first-order valence-electron chi connectivity index (χ1n) is 9.73. The van der Waals surface area contributed by atoms with Crippen LogP contribution in [-0.2, 0) is 0 Å². The zero-order valence-corrected chi connectivity index (χ0v) is 16.0. The minimum absolute atomic E-state index is 0.0300. The number of anilines is 1. The molecule has 5 rings (SSSR count). The van der Waals surface area contributed by atoms with E-state index in [-0.39, 0.29) is 12.0 Å². The molecule has 0 bridgehead atoms. The normalized spacial score (nSPS) is 17.7. The summed E-state index contributed by atoms with van der Waals surface area (Å²) in [7, 11) is 0. The molecular formula is C20H20F2N8. The highest BCUT2D eigenvalue weighted by atomic mass is 19.2. The summed E-state index contributed by atoms with van der Waals surface area (Å²) in [5.41, 5.74) is 8.57. The van der Waals surface area contributed by atoms with Crippen molar-refractivity contribution in [3.8, 4) is 11.3 Å². The Morgan fingerprint density at radius 3 is 2.97 bits per heavy atom. The minimum atomic E-state index is -1.08. The molecule has 3 N–H and O–H groups in total. The Hall–Kier alpha value is -3.40. The maximum absolute atomic E-state index is 13.5. The Morgan fingerprint density at radius 2 is 2.13 bits per heavy atom. The van der Waals surface area contributed by atoms with E-state index in [1.807, 2.05) is 28.0 Å². The van der Waals surface area contributed by atoms with Crippen LogP contribution in [0, 0.1) is 17.7 Å². The fourth-order valence-electron chi connectivity index (χ4n) is 4.15. The van der Waals surface area contributed by atoms with Crippen molar-refractivity contribution in [3.05, 3.63) is 54.9 Å². The molecule has 2 atom stereocenters. The molecule has 0 saturated carbocycles. The monoisotopic (exact) mass is 410 g/mol. The van der Waals surface area contributed by atoms with Crippen molar-refractivity contribution in [1.82, 2.24) is 29.7 Å². The minimum Gasteiger partial charge on any atom is -0.356 e. The summed E-state index contributed by atoms with van der Waals surface area (Å²) in [5, 5.41) is 5.47. The van der Waals surface area contributed by atoms with Crippen molar-refractivity contribution < 1.29 is 8.78 Å². The molecule has 0 unspecified atom stereocenters. The van der Waals surface area contributed by atoms with E-state index in [0.29, 0.717) is 25.5 Å². The lowest BCUT2D eigenvalue weighted by molar-refractivity contribution is 0.334. The highest BCUT2D eigenvalue weighted by Gasteiger charge is 2.31. The Morgan fingerprint density at radius 1 is 1.23 bits per heavy atom. The molecule has 1 aliphatic heterocycles. The van der Waals surface area contributed by atoms with Crippen molar-refractivity contribution in [2.45, 2.75) is 12.5 Å². The molecule has 1 saturated heterocycles. The summed E-state index contributed by atoms with van der Waals surface area (Å²) in [6.45, 7) is 1.75. The van der Waals surface area contributed by atoms with Crippen molar-refractivity contribution in [1.29, 1.82) is 0 Å². The average Bonchev–Trinajstić information content (AvgIpc) is 3.51. The van der Waals surface area contributed by atoms with Crippen LogP contribution in [0.4, 0.5) is 14.6 Å². The number of nitrogens with zero attached hydrogens (tertiary/aromatic N) is 6. The molecule has 30 heavy (non-hydrogen) atoms. The van der Waals surface area contributed by atoms with Gasteiger partial charge in [-0.2, -0.15) is 14.5 Å². The summed E-state index contributed by atoms with van der Waals surface area (Å²) in [4.78, 5) is 17.4. The van der Waals surface area contributed by atoms with Gasteiger partial charge >= 0.3 is 0 Å². The average molecular weight is 410 g/mol. The van der Waals surface area contributed by atoms with Gasteiger partial charge in [-0.3, -0.25) is 4.68 Å². The third kappa shape index (κ3) is 3.18. The quantitative estimate of drug-likeness (QED) is 0.490. The molecule has 4 aromatic heterocycles. The first kappa shape index (κ1) is 18.6. The van der Waals surface area contributed by atoms with Gasteiger partial charge in [0.15, 0.2) is 5.82 Å². The number of rotatable bonds is 5. The number of nitrogens with two attached hydrogens (primary N) is 1. The van der Waals surface area contributed by atoms with E-state index in [1.54, 1.807) is 6.20 Å². The fourth-order valence-corrected chi connectivity index (χ4v) is 4.15. The van der Waals surface area contributed by atoms with Crippen LogP contribution in [0.3, 0.4) is 0 Å². The van der Waals surface area contributed by atoms with Crippen molar-refractivity contribution in [2.75, 3.05) is 24.5 Å². The molecule has 0 aliphatic carbocycles. The summed E-state index contributed by atoms with van der Waals surface area (Å²) in [6, 6.07) is 4.51. The lowest BCUT2D eigenvalue weighted by Crippen LogP contribution is -2.30. The molecule has 0 radical (unpaired) electrons. The van der Waals surface area contributed by atoms with Gasteiger partial charge in [-0.25, -0.2) is 14.4 Å². The summed E-state index contributed by atoms with van der Waals surface area (Å²) in [5.74, 6) is -1.39. The zero-order chi connectivity index (χ0) is 20.7. The predicted molar refractivity (Wildman–Crippen MR) is 108 cm³/mol. The molecule has 8 nitrogen and oxygen atoms in total. The van der Waals surface area contributed by atoms with E-state index in [0.717, 1.165) is 34.8 Å². The standard InChI is InChI=1S/C20H20F2N8/c21-15-1-2-17(28-19(15)22)29-6-4-12(9-29)16(7-23)30-10-13(8-27-30)18-14-3-5-24-20(14)26-11-25-18/h1-3,5,8,10-12,16H,4,6-7,9,23H2,(H,24,25,26)/t12-,16-/m0/s1. The predicted octanol–water partition coefficient (Wildman–Crippen LogP) is 2.52. The first-order chi connectivity index (χ1) is 14.6. The van der Waals surface area contributed by atoms with E-state index < -0.39 is 11.8 Å².